The highest BCUT2D eigenvalue weighted by Crippen LogP contribution is 2.34. The molecule has 1 aliphatic rings. The van der Waals surface area contributed by atoms with Crippen LogP contribution in [0, 0.1) is 11.3 Å². The minimum absolute atomic E-state index is 0.0428. The lowest BCUT2D eigenvalue weighted by atomic mass is 9.76. The highest BCUT2D eigenvalue weighted by Gasteiger charge is 2.45. The zero-order valence-electron chi connectivity index (χ0n) is 12.8. The number of rotatable bonds is 7. The van der Waals surface area contributed by atoms with Crippen LogP contribution >= 0.6 is 0 Å². The first-order valence-electron chi connectivity index (χ1n) is 7.49. The Hall–Kier alpha value is -1.79. The van der Waals surface area contributed by atoms with Gasteiger partial charge in [0.2, 0.25) is 11.8 Å². The third-order valence-corrected chi connectivity index (χ3v) is 4.24. The Kier molecular flexibility index (Phi) is 5.99. The van der Waals surface area contributed by atoms with E-state index in [4.69, 9.17) is 16.7 Å². The monoisotopic (exact) mass is 298 g/mol. The third kappa shape index (κ3) is 3.46. The van der Waals surface area contributed by atoms with Crippen molar-refractivity contribution in [2.24, 2.45) is 28.0 Å². The van der Waals surface area contributed by atoms with Crippen LogP contribution in [0.25, 0.3) is 0 Å². The number of amidine groups is 1. The van der Waals surface area contributed by atoms with Crippen LogP contribution in [0.5, 0.6) is 0 Å². The fourth-order valence-corrected chi connectivity index (χ4v) is 3.13. The number of primary amides is 1. The van der Waals surface area contributed by atoms with Gasteiger partial charge in [0.15, 0.2) is 5.84 Å². The summed E-state index contributed by atoms with van der Waals surface area (Å²) in [6, 6.07) is 0. The van der Waals surface area contributed by atoms with Gasteiger partial charge in [-0.05, 0) is 19.3 Å². The number of hydrogen-bond acceptors (Lipinski definition) is 4. The molecule has 0 aromatic rings. The number of carbonyl (C=O) groups excluding carboxylic acids is 2. The van der Waals surface area contributed by atoms with Gasteiger partial charge in [0.25, 0.3) is 0 Å². The molecule has 1 heterocycles. The lowest BCUT2D eigenvalue weighted by molar-refractivity contribution is -0.138. The summed E-state index contributed by atoms with van der Waals surface area (Å²) in [4.78, 5) is 25.8. The lowest BCUT2D eigenvalue weighted by Crippen LogP contribution is -2.51. The second-order valence-electron chi connectivity index (χ2n) is 5.71. The van der Waals surface area contributed by atoms with E-state index in [2.05, 4.69) is 5.16 Å². The molecule has 7 heteroatoms. The summed E-state index contributed by atoms with van der Waals surface area (Å²) in [6.07, 6.45) is 3.11. The smallest absolute Gasteiger partial charge is 0.236 e. The van der Waals surface area contributed by atoms with Gasteiger partial charge in [0.1, 0.15) is 5.41 Å². The van der Waals surface area contributed by atoms with Crippen molar-refractivity contribution in [1.82, 2.24) is 4.90 Å². The fourth-order valence-electron chi connectivity index (χ4n) is 3.13. The molecule has 0 aliphatic carbocycles. The van der Waals surface area contributed by atoms with Crippen molar-refractivity contribution in [2.75, 3.05) is 13.1 Å². The summed E-state index contributed by atoms with van der Waals surface area (Å²) >= 11 is 0. The minimum Gasteiger partial charge on any atom is -0.409 e. The quantitative estimate of drug-likeness (QED) is 0.276. The van der Waals surface area contributed by atoms with Crippen LogP contribution in [0.1, 0.15) is 46.0 Å². The Labute approximate surface area is 125 Å². The third-order valence-electron chi connectivity index (χ3n) is 4.24. The van der Waals surface area contributed by atoms with Crippen LogP contribution < -0.4 is 11.5 Å². The zero-order valence-corrected chi connectivity index (χ0v) is 12.8. The molecule has 1 aliphatic heterocycles. The molecule has 0 saturated carbocycles. The first-order chi connectivity index (χ1) is 9.92. The number of hydrogen-bond donors (Lipinski definition) is 3. The van der Waals surface area contributed by atoms with Crippen molar-refractivity contribution in [3.05, 3.63) is 0 Å². The molecule has 0 aromatic carbocycles. The number of amides is 2. The molecule has 7 nitrogen and oxygen atoms in total. The summed E-state index contributed by atoms with van der Waals surface area (Å²) in [6.45, 7) is 4.72. The predicted molar refractivity (Wildman–Crippen MR) is 79.5 cm³/mol. The molecule has 1 saturated heterocycles. The van der Waals surface area contributed by atoms with Crippen molar-refractivity contribution in [2.45, 2.75) is 46.0 Å². The molecule has 0 radical (unpaired) electrons. The van der Waals surface area contributed by atoms with Crippen LogP contribution in [-0.2, 0) is 9.59 Å². The summed E-state index contributed by atoms with van der Waals surface area (Å²) in [5.41, 5.74) is 10.2. The zero-order chi connectivity index (χ0) is 16.0. The molecule has 120 valence electrons. The SMILES string of the molecule is CCCC(CCC)(C(=O)N1CCC(C(N)=O)C1)C(N)=NO. The fraction of sp³-hybridized carbons (Fsp3) is 0.786. The van der Waals surface area contributed by atoms with Gasteiger partial charge in [0, 0.05) is 13.1 Å². The number of likely N-dealkylation sites (tertiary alicyclic amines) is 1. The molecular weight excluding hydrogens is 272 g/mol. The van der Waals surface area contributed by atoms with E-state index in [-0.39, 0.29) is 23.6 Å². The number of nitrogens with zero attached hydrogens (tertiary/aromatic N) is 2. The van der Waals surface area contributed by atoms with E-state index in [9.17, 15) is 9.59 Å². The standard InChI is InChI=1S/C14H26N4O3/c1-3-6-14(7-4-2,12(16)17-21)13(20)18-8-5-10(9-18)11(15)19/h10,21H,3-9H2,1-2H3,(H2,15,19)(H2,16,17). The van der Waals surface area contributed by atoms with Crippen LogP contribution in [0.2, 0.25) is 0 Å². The van der Waals surface area contributed by atoms with E-state index in [0.717, 1.165) is 12.8 Å². The highest BCUT2D eigenvalue weighted by atomic mass is 16.4. The Balaban J connectivity index is 3.03. The van der Waals surface area contributed by atoms with Gasteiger partial charge >= 0.3 is 0 Å². The van der Waals surface area contributed by atoms with Crippen LogP contribution in [0.4, 0.5) is 0 Å². The molecule has 1 rings (SSSR count). The number of nitrogens with two attached hydrogens (primary N) is 2. The molecule has 0 aromatic heterocycles. The van der Waals surface area contributed by atoms with Crippen molar-refractivity contribution >= 4 is 17.6 Å². The Bertz CT molecular complexity index is 416. The van der Waals surface area contributed by atoms with E-state index >= 15 is 0 Å². The van der Waals surface area contributed by atoms with Gasteiger partial charge in [-0.1, -0.05) is 31.8 Å². The summed E-state index contributed by atoms with van der Waals surface area (Å²) in [5, 5.41) is 12.2. The summed E-state index contributed by atoms with van der Waals surface area (Å²) in [5.74, 6) is -0.892. The molecule has 1 unspecified atom stereocenters. The van der Waals surface area contributed by atoms with E-state index < -0.39 is 5.41 Å². The number of oxime groups is 1. The van der Waals surface area contributed by atoms with Crippen molar-refractivity contribution in [3.63, 3.8) is 0 Å². The van der Waals surface area contributed by atoms with Gasteiger partial charge in [0.05, 0.1) is 5.92 Å². The number of carbonyl (C=O) groups is 2. The molecule has 0 bridgehead atoms. The second kappa shape index (κ2) is 7.28. The molecule has 21 heavy (non-hydrogen) atoms. The van der Waals surface area contributed by atoms with E-state index in [0.29, 0.717) is 32.4 Å². The van der Waals surface area contributed by atoms with Crippen LogP contribution in [0.3, 0.4) is 0 Å². The van der Waals surface area contributed by atoms with E-state index in [1.165, 1.54) is 0 Å². The second-order valence-corrected chi connectivity index (χ2v) is 5.71. The summed E-state index contributed by atoms with van der Waals surface area (Å²) < 4.78 is 0. The van der Waals surface area contributed by atoms with Crippen molar-refractivity contribution < 1.29 is 14.8 Å². The summed E-state index contributed by atoms with van der Waals surface area (Å²) in [7, 11) is 0. The van der Waals surface area contributed by atoms with Crippen LogP contribution in [-0.4, -0.2) is 40.8 Å². The maximum Gasteiger partial charge on any atom is 0.236 e. The molecule has 0 spiro atoms. The first kappa shape index (κ1) is 17.3. The molecular formula is C14H26N4O3. The largest absolute Gasteiger partial charge is 0.409 e. The Morgan fingerprint density at radius 2 is 1.86 bits per heavy atom. The Morgan fingerprint density at radius 1 is 1.29 bits per heavy atom. The minimum atomic E-state index is -0.981. The average Bonchev–Trinajstić information content (AvgIpc) is 2.95. The predicted octanol–water partition coefficient (Wildman–Crippen LogP) is 0.653. The first-order valence-corrected chi connectivity index (χ1v) is 7.49. The lowest BCUT2D eigenvalue weighted by Gasteiger charge is -2.34. The van der Waals surface area contributed by atoms with Gasteiger partial charge in [-0.25, -0.2) is 0 Å². The van der Waals surface area contributed by atoms with E-state index in [1.54, 1.807) is 4.90 Å². The normalized spacial score (nSPS) is 19.8. The molecule has 5 N–H and O–H groups in total. The van der Waals surface area contributed by atoms with Crippen molar-refractivity contribution in [1.29, 1.82) is 0 Å². The molecule has 1 fully saturated rings. The Morgan fingerprint density at radius 3 is 2.24 bits per heavy atom. The highest BCUT2D eigenvalue weighted by molar-refractivity contribution is 6.07. The van der Waals surface area contributed by atoms with Crippen molar-refractivity contribution in [3.8, 4) is 0 Å². The van der Waals surface area contributed by atoms with E-state index in [1.807, 2.05) is 13.8 Å². The average molecular weight is 298 g/mol. The van der Waals surface area contributed by atoms with Crippen LogP contribution in [0.15, 0.2) is 5.16 Å². The van der Waals surface area contributed by atoms with Gasteiger partial charge < -0.3 is 21.6 Å². The molecule has 1 atom stereocenters. The topological polar surface area (TPSA) is 122 Å². The maximum atomic E-state index is 12.9. The van der Waals surface area contributed by atoms with Gasteiger partial charge in [-0.15, -0.1) is 0 Å². The van der Waals surface area contributed by atoms with Gasteiger partial charge in [-0.2, -0.15) is 0 Å². The molecule has 2 amide bonds. The maximum absolute atomic E-state index is 12.9. The van der Waals surface area contributed by atoms with Gasteiger partial charge in [-0.3, -0.25) is 9.59 Å².